The highest BCUT2D eigenvalue weighted by Gasteiger charge is 2.12. The lowest BCUT2D eigenvalue weighted by Crippen LogP contribution is -2.06. The van der Waals surface area contributed by atoms with Crippen molar-refractivity contribution in [1.29, 1.82) is 0 Å². The van der Waals surface area contributed by atoms with Crippen molar-refractivity contribution in [3.63, 3.8) is 0 Å². The van der Waals surface area contributed by atoms with Crippen LogP contribution in [-0.2, 0) is 6.54 Å². The predicted molar refractivity (Wildman–Crippen MR) is 79.2 cm³/mol. The van der Waals surface area contributed by atoms with E-state index in [-0.39, 0.29) is 11.7 Å². The van der Waals surface area contributed by atoms with Gasteiger partial charge in [0.15, 0.2) is 5.78 Å². The lowest BCUT2D eigenvalue weighted by atomic mass is 10.0. The number of aromatic nitrogens is 1. The molecule has 1 aromatic heterocycles. The molecule has 0 N–H and O–H groups in total. The molecule has 4 heteroatoms. The van der Waals surface area contributed by atoms with Crippen LogP contribution in [0.15, 0.2) is 36.7 Å². The standard InChI is InChI=1S/C15H15Cl2NO/c1-10(2)15(19)11-5-6-18(8-11)9-12-7-13(16)3-4-14(12)17/h3-8,10H,9H2,1-2H3. The Kier molecular flexibility index (Phi) is 4.33. The summed E-state index contributed by atoms with van der Waals surface area (Å²) in [4.78, 5) is 11.9. The minimum absolute atomic E-state index is 0.00519. The maximum Gasteiger partial charge on any atom is 0.166 e. The fraction of sp³-hybridized carbons (Fsp3) is 0.267. The fourth-order valence-corrected chi connectivity index (χ4v) is 2.25. The van der Waals surface area contributed by atoms with Gasteiger partial charge in [-0.25, -0.2) is 0 Å². The van der Waals surface area contributed by atoms with E-state index in [0.717, 1.165) is 11.1 Å². The Morgan fingerprint density at radius 2 is 2.00 bits per heavy atom. The Morgan fingerprint density at radius 3 is 2.68 bits per heavy atom. The highest BCUT2D eigenvalue weighted by Crippen LogP contribution is 2.22. The molecule has 1 heterocycles. The molecule has 0 aliphatic carbocycles. The summed E-state index contributed by atoms with van der Waals surface area (Å²) in [6.07, 6.45) is 3.73. The van der Waals surface area contributed by atoms with Crippen LogP contribution in [0.2, 0.25) is 10.0 Å². The molecule has 0 aliphatic rings. The van der Waals surface area contributed by atoms with Crippen LogP contribution in [0.25, 0.3) is 0 Å². The molecule has 1 aromatic carbocycles. The van der Waals surface area contributed by atoms with Gasteiger partial charge in [0.25, 0.3) is 0 Å². The van der Waals surface area contributed by atoms with Gasteiger partial charge in [-0.3, -0.25) is 4.79 Å². The van der Waals surface area contributed by atoms with Crippen LogP contribution in [0.1, 0.15) is 29.8 Å². The molecule has 2 nitrogen and oxygen atoms in total. The van der Waals surface area contributed by atoms with E-state index in [1.165, 1.54) is 0 Å². The topological polar surface area (TPSA) is 22.0 Å². The summed E-state index contributed by atoms with van der Waals surface area (Å²) in [5, 5.41) is 1.33. The molecule has 0 saturated heterocycles. The van der Waals surface area contributed by atoms with E-state index < -0.39 is 0 Å². The zero-order chi connectivity index (χ0) is 14.0. The van der Waals surface area contributed by atoms with E-state index in [9.17, 15) is 4.79 Å². The van der Waals surface area contributed by atoms with Crippen molar-refractivity contribution < 1.29 is 4.79 Å². The van der Waals surface area contributed by atoms with E-state index in [1.807, 2.05) is 42.9 Å². The summed E-state index contributed by atoms with van der Waals surface area (Å²) < 4.78 is 1.94. The second-order valence-corrected chi connectivity index (χ2v) is 5.67. The van der Waals surface area contributed by atoms with E-state index in [4.69, 9.17) is 23.2 Å². The minimum Gasteiger partial charge on any atom is -0.349 e. The normalized spacial score (nSPS) is 11.0. The lowest BCUT2D eigenvalue weighted by Gasteiger charge is -2.06. The monoisotopic (exact) mass is 295 g/mol. The van der Waals surface area contributed by atoms with Crippen LogP contribution in [0.4, 0.5) is 0 Å². The van der Waals surface area contributed by atoms with Gasteiger partial charge in [-0.1, -0.05) is 37.0 Å². The average molecular weight is 296 g/mol. The Bertz CT molecular complexity index is 602. The zero-order valence-electron chi connectivity index (χ0n) is 10.9. The molecule has 19 heavy (non-hydrogen) atoms. The quantitative estimate of drug-likeness (QED) is 0.751. The molecule has 2 aromatic rings. The third-order valence-corrected chi connectivity index (χ3v) is 3.52. The van der Waals surface area contributed by atoms with Gasteiger partial charge in [0, 0.05) is 40.5 Å². The summed E-state index contributed by atoms with van der Waals surface area (Å²) in [5.41, 5.74) is 1.67. The zero-order valence-corrected chi connectivity index (χ0v) is 12.4. The number of hydrogen-bond donors (Lipinski definition) is 0. The first-order chi connectivity index (χ1) is 8.97. The van der Waals surface area contributed by atoms with Crippen LogP contribution in [0, 0.1) is 5.92 Å². The fourth-order valence-electron chi connectivity index (χ4n) is 1.88. The lowest BCUT2D eigenvalue weighted by molar-refractivity contribution is 0.0939. The molecule has 0 bridgehead atoms. The van der Waals surface area contributed by atoms with Crippen molar-refractivity contribution >= 4 is 29.0 Å². The summed E-state index contributed by atoms with van der Waals surface area (Å²) in [7, 11) is 0. The molecule has 0 fully saturated rings. The summed E-state index contributed by atoms with van der Waals surface area (Å²) >= 11 is 12.1. The Balaban J connectivity index is 2.20. The van der Waals surface area contributed by atoms with Gasteiger partial charge in [0.1, 0.15) is 0 Å². The van der Waals surface area contributed by atoms with Crippen molar-refractivity contribution in [2.24, 2.45) is 5.92 Å². The number of Topliss-reactive ketones (excluding diaryl/α,β-unsaturated/α-hetero) is 1. The second-order valence-electron chi connectivity index (χ2n) is 4.83. The molecule has 0 aliphatic heterocycles. The van der Waals surface area contributed by atoms with Crippen molar-refractivity contribution in [2.75, 3.05) is 0 Å². The first-order valence-electron chi connectivity index (χ1n) is 6.11. The van der Waals surface area contributed by atoms with Crippen LogP contribution >= 0.6 is 23.2 Å². The van der Waals surface area contributed by atoms with Gasteiger partial charge >= 0.3 is 0 Å². The molecular formula is C15H15Cl2NO. The van der Waals surface area contributed by atoms with Crippen LogP contribution in [0.5, 0.6) is 0 Å². The second kappa shape index (κ2) is 5.81. The van der Waals surface area contributed by atoms with Crippen LogP contribution in [-0.4, -0.2) is 10.4 Å². The smallest absolute Gasteiger partial charge is 0.166 e. The summed E-state index contributed by atoms with van der Waals surface area (Å²) in [6.45, 7) is 4.39. The van der Waals surface area contributed by atoms with E-state index >= 15 is 0 Å². The summed E-state index contributed by atoms with van der Waals surface area (Å²) in [5.74, 6) is 0.154. The molecular weight excluding hydrogens is 281 g/mol. The predicted octanol–water partition coefficient (Wildman–Crippen LogP) is 4.68. The largest absolute Gasteiger partial charge is 0.349 e. The molecule has 0 unspecified atom stereocenters. The molecule has 0 amide bonds. The maximum absolute atomic E-state index is 11.9. The molecule has 2 rings (SSSR count). The van der Waals surface area contributed by atoms with Crippen LogP contribution in [0.3, 0.4) is 0 Å². The van der Waals surface area contributed by atoms with E-state index in [0.29, 0.717) is 16.6 Å². The third-order valence-electron chi connectivity index (χ3n) is 2.92. The molecule has 0 atom stereocenters. The van der Waals surface area contributed by atoms with Gasteiger partial charge in [-0.15, -0.1) is 0 Å². The Hall–Kier alpha value is -1.25. The number of carbonyl (C=O) groups excluding carboxylic acids is 1. The molecule has 100 valence electrons. The number of nitrogens with zero attached hydrogens (tertiary/aromatic N) is 1. The Labute approximate surface area is 123 Å². The van der Waals surface area contributed by atoms with Gasteiger partial charge in [0.05, 0.1) is 0 Å². The van der Waals surface area contributed by atoms with Gasteiger partial charge in [0.2, 0.25) is 0 Å². The van der Waals surface area contributed by atoms with Crippen LogP contribution < -0.4 is 0 Å². The summed E-state index contributed by atoms with van der Waals surface area (Å²) in [6, 6.07) is 7.22. The highest BCUT2D eigenvalue weighted by molar-refractivity contribution is 6.33. The number of rotatable bonds is 4. The molecule has 0 saturated carbocycles. The molecule has 0 spiro atoms. The first-order valence-corrected chi connectivity index (χ1v) is 6.87. The van der Waals surface area contributed by atoms with Gasteiger partial charge in [-0.05, 0) is 29.8 Å². The highest BCUT2D eigenvalue weighted by atomic mass is 35.5. The number of carbonyl (C=O) groups is 1. The third kappa shape index (κ3) is 3.40. The van der Waals surface area contributed by atoms with Gasteiger partial charge in [-0.2, -0.15) is 0 Å². The van der Waals surface area contributed by atoms with E-state index in [2.05, 4.69) is 0 Å². The average Bonchev–Trinajstić information content (AvgIpc) is 2.81. The molecule has 0 radical (unpaired) electrons. The SMILES string of the molecule is CC(C)C(=O)c1ccn(Cc2cc(Cl)ccc2Cl)c1. The number of benzene rings is 1. The number of hydrogen-bond acceptors (Lipinski definition) is 1. The van der Waals surface area contributed by atoms with Crippen molar-refractivity contribution in [2.45, 2.75) is 20.4 Å². The number of halogens is 2. The van der Waals surface area contributed by atoms with E-state index in [1.54, 1.807) is 12.1 Å². The van der Waals surface area contributed by atoms with Crippen molar-refractivity contribution in [1.82, 2.24) is 4.57 Å². The maximum atomic E-state index is 11.9. The first kappa shape index (κ1) is 14.2. The minimum atomic E-state index is 0.00519. The van der Waals surface area contributed by atoms with Crippen molar-refractivity contribution in [3.05, 3.63) is 57.8 Å². The number of ketones is 1. The Morgan fingerprint density at radius 1 is 1.26 bits per heavy atom. The van der Waals surface area contributed by atoms with Gasteiger partial charge < -0.3 is 4.57 Å². The van der Waals surface area contributed by atoms with Crippen molar-refractivity contribution in [3.8, 4) is 0 Å².